The molecule has 0 unspecified atom stereocenters. The van der Waals surface area contributed by atoms with Crippen LogP contribution in [0.25, 0.3) is 0 Å². The maximum atomic E-state index is 5.70. The fraction of sp³-hybridized carbons (Fsp3) is 0.600. The van der Waals surface area contributed by atoms with Crippen LogP contribution in [-0.4, -0.2) is 19.1 Å². The minimum absolute atomic E-state index is 0.764. The first-order valence-electron chi connectivity index (χ1n) is 6.97. The average molecular weight is 230 g/mol. The van der Waals surface area contributed by atoms with Crippen molar-refractivity contribution in [2.24, 2.45) is 5.73 Å². The smallest absolute Gasteiger partial charge is 0.0404 e. The van der Waals surface area contributed by atoms with E-state index in [1.54, 1.807) is 5.56 Å². The molecule has 2 N–H and O–H groups in total. The van der Waals surface area contributed by atoms with Gasteiger partial charge in [-0.15, -0.1) is 0 Å². The van der Waals surface area contributed by atoms with Gasteiger partial charge in [0.25, 0.3) is 0 Å². The lowest BCUT2D eigenvalue weighted by atomic mass is 10.0. The zero-order valence-electron chi connectivity index (χ0n) is 10.5. The average Bonchev–Trinajstić information content (AvgIpc) is 2.97. The molecule has 2 aliphatic rings. The van der Waals surface area contributed by atoms with E-state index in [1.165, 1.54) is 49.9 Å². The third-order valence-electron chi connectivity index (χ3n) is 4.34. The fourth-order valence-corrected chi connectivity index (χ4v) is 3.52. The molecule has 1 fully saturated rings. The van der Waals surface area contributed by atoms with E-state index in [0.29, 0.717) is 0 Å². The molecule has 0 spiro atoms. The summed E-state index contributed by atoms with van der Waals surface area (Å²) in [4.78, 5) is 2.66. The summed E-state index contributed by atoms with van der Waals surface area (Å²) in [6, 6.07) is 7.58. The van der Waals surface area contributed by atoms with Gasteiger partial charge in [0.1, 0.15) is 0 Å². The molecule has 1 aromatic carbocycles. The van der Waals surface area contributed by atoms with Crippen LogP contribution in [0.1, 0.15) is 36.8 Å². The minimum atomic E-state index is 0.764. The second-order valence-electron chi connectivity index (χ2n) is 5.34. The van der Waals surface area contributed by atoms with Gasteiger partial charge < -0.3 is 10.6 Å². The third kappa shape index (κ3) is 1.95. The molecule has 0 bridgehead atoms. The van der Waals surface area contributed by atoms with Gasteiger partial charge in [0.05, 0.1) is 0 Å². The van der Waals surface area contributed by atoms with Crippen molar-refractivity contribution in [3.63, 3.8) is 0 Å². The van der Waals surface area contributed by atoms with Gasteiger partial charge in [-0.3, -0.25) is 0 Å². The zero-order valence-corrected chi connectivity index (χ0v) is 10.5. The van der Waals surface area contributed by atoms with Crippen molar-refractivity contribution in [2.45, 2.75) is 44.6 Å². The molecule has 1 heterocycles. The monoisotopic (exact) mass is 230 g/mol. The lowest BCUT2D eigenvalue weighted by Crippen LogP contribution is -2.31. The SMILES string of the molecule is NCCc1cccc2c1CCN2C1CCCC1. The Bertz CT molecular complexity index is 394. The Balaban J connectivity index is 1.88. The maximum absolute atomic E-state index is 5.70. The molecule has 2 nitrogen and oxygen atoms in total. The van der Waals surface area contributed by atoms with E-state index in [1.807, 2.05) is 0 Å². The van der Waals surface area contributed by atoms with Crippen molar-refractivity contribution in [3.8, 4) is 0 Å². The van der Waals surface area contributed by atoms with Crippen LogP contribution in [0.5, 0.6) is 0 Å². The molecule has 0 aromatic heterocycles. The highest BCUT2D eigenvalue weighted by molar-refractivity contribution is 5.61. The van der Waals surface area contributed by atoms with Crippen LogP contribution >= 0.6 is 0 Å². The minimum Gasteiger partial charge on any atom is -0.368 e. The zero-order chi connectivity index (χ0) is 11.7. The van der Waals surface area contributed by atoms with Crippen molar-refractivity contribution in [3.05, 3.63) is 29.3 Å². The number of benzene rings is 1. The second kappa shape index (κ2) is 4.69. The number of hydrogen-bond acceptors (Lipinski definition) is 2. The Hall–Kier alpha value is -1.02. The molecule has 1 aromatic rings. The van der Waals surface area contributed by atoms with Crippen LogP contribution in [0, 0.1) is 0 Å². The van der Waals surface area contributed by atoms with Gasteiger partial charge in [-0.2, -0.15) is 0 Å². The summed E-state index contributed by atoms with van der Waals surface area (Å²) in [6.07, 6.45) is 7.86. The van der Waals surface area contributed by atoms with Crippen LogP contribution in [0.2, 0.25) is 0 Å². The summed E-state index contributed by atoms with van der Waals surface area (Å²) < 4.78 is 0. The van der Waals surface area contributed by atoms with Crippen LogP contribution in [0.15, 0.2) is 18.2 Å². The number of hydrogen-bond donors (Lipinski definition) is 1. The lowest BCUT2D eigenvalue weighted by molar-refractivity contribution is 0.625. The lowest BCUT2D eigenvalue weighted by Gasteiger charge is -2.27. The van der Waals surface area contributed by atoms with Gasteiger partial charge in [0.2, 0.25) is 0 Å². The summed E-state index contributed by atoms with van der Waals surface area (Å²) in [5, 5.41) is 0. The van der Waals surface area contributed by atoms with E-state index >= 15 is 0 Å². The Kier molecular flexibility index (Phi) is 3.06. The van der Waals surface area contributed by atoms with Crippen LogP contribution in [0.3, 0.4) is 0 Å². The largest absolute Gasteiger partial charge is 0.368 e. The summed E-state index contributed by atoms with van der Waals surface area (Å²) in [7, 11) is 0. The molecule has 2 heteroatoms. The third-order valence-corrected chi connectivity index (χ3v) is 4.34. The van der Waals surface area contributed by atoms with Crippen LogP contribution < -0.4 is 10.6 Å². The quantitative estimate of drug-likeness (QED) is 0.864. The predicted octanol–water partition coefficient (Wildman–Crippen LogP) is 2.49. The first kappa shape index (κ1) is 11.1. The van der Waals surface area contributed by atoms with E-state index in [4.69, 9.17) is 5.73 Å². The van der Waals surface area contributed by atoms with Crippen molar-refractivity contribution in [1.29, 1.82) is 0 Å². The maximum Gasteiger partial charge on any atom is 0.0404 e. The van der Waals surface area contributed by atoms with Crippen molar-refractivity contribution >= 4 is 5.69 Å². The highest BCUT2D eigenvalue weighted by Crippen LogP contribution is 2.36. The molecule has 0 atom stereocenters. The Labute approximate surface area is 104 Å². The molecule has 1 aliphatic carbocycles. The van der Waals surface area contributed by atoms with Gasteiger partial charge in [-0.25, -0.2) is 0 Å². The normalized spacial score (nSPS) is 19.9. The van der Waals surface area contributed by atoms with E-state index in [-0.39, 0.29) is 0 Å². The first-order chi connectivity index (χ1) is 8.40. The number of nitrogens with two attached hydrogens (primary N) is 1. The summed E-state index contributed by atoms with van der Waals surface area (Å²) in [5.41, 5.74) is 10.3. The van der Waals surface area contributed by atoms with E-state index in [2.05, 4.69) is 23.1 Å². The summed E-state index contributed by atoms with van der Waals surface area (Å²) >= 11 is 0. The fourth-order valence-electron chi connectivity index (χ4n) is 3.52. The number of fused-ring (bicyclic) bond motifs is 1. The van der Waals surface area contributed by atoms with Crippen molar-refractivity contribution < 1.29 is 0 Å². The Morgan fingerprint density at radius 3 is 2.82 bits per heavy atom. The van der Waals surface area contributed by atoms with Gasteiger partial charge in [-0.05, 0) is 49.4 Å². The van der Waals surface area contributed by atoms with Gasteiger partial charge in [-0.1, -0.05) is 25.0 Å². The molecule has 17 heavy (non-hydrogen) atoms. The molecule has 0 amide bonds. The standard InChI is InChI=1S/C15H22N2/c16-10-8-12-4-3-7-15-14(12)9-11-17(15)13-5-1-2-6-13/h3-4,7,13H,1-2,5-6,8-11,16H2. The Morgan fingerprint density at radius 2 is 2.06 bits per heavy atom. The molecule has 0 saturated heterocycles. The summed E-state index contributed by atoms with van der Waals surface area (Å²) in [6.45, 7) is 1.99. The van der Waals surface area contributed by atoms with E-state index < -0.39 is 0 Å². The van der Waals surface area contributed by atoms with Crippen molar-refractivity contribution in [2.75, 3.05) is 18.0 Å². The molecule has 0 radical (unpaired) electrons. The molecular formula is C15H22N2. The number of rotatable bonds is 3. The van der Waals surface area contributed by atoms with Crippen molar-refractivity contribution in [1.82, 2.24) is 0 Å². The van der Waals surface area contributed by atoms with E-state index in [0.717, 1.165) is 19.0 Å². The highest BCUT2D eigenvalue weighted by Gasteiger charge is 2.28. The van der Waals surface area contributed by atoms with E-state index in [9.17, 15) is 0 Å². The van der Waals surface area contributed by atoms with Crippen LogP contribution in [-0.2, 0) is 12.8 Å². The second-order valence-corrected chi connectivity index (χ2v) is 5.34. The molecule has 1 aliphatic heterocycles. The molecule has 3 rings (SSSR count). The highest BCUT2D eigenvalue weighted by atomic mass is 15.2. The van der Waals surface area contributed by atoms with Crippen LogP contribution in [0.4, 0.5) is 5.69 Å². The van der Waals surface area contributed by atoms with Gasteiger partial charge >= 0.3 is 0 Å². The molecule has 92 valence electrons. The van der Waals surface area contributed by atoms with Gasteiger partial charge in [0.15, 0.2) is 0 Å². The topological polar surface area (TPSA) is 29.3 Å². The molecular weight excluding hydrogens is 208 g/mol. The number of nitrogens with zero attached hydrogens (tertiary/aromatic N) is 1. The molecule has 1 saturated carbocycles. The van der Waals surface area contributed by atoms with Gasteiger partial charge in [0, 0.05) is 18.3 Å². The number of anilines is 1. The summed E-state index contributed by atoms with van der Waals surface area (Å²) in [5.74, 6) is 0. The first-order valence-corrected chi connectivity index (χ1v) is 6.97. The predicted molar refractivity (Wildman–Crippen MR) is 72.5 cm³/mol. The Morgan fingerprint density at radius 1 is 1.24 bits per heavy atom.